The first-order valence-corrected chi connectivity index (χ1v) is 11.1. The van der Waals surface area contributed by atoms with Crippen LogP contribution in [-0.2, 0) is 11.2 Å². The number of H-pyrrole nitrogens is 1. The quantitative estimate of drug-likeness (QED) is 0.560. The lowest BCUT2D eigenvalue weighted by Crippen LogP contribution is -2.13. The summed E-state index contributed by atoms with van der Waals surface area (Å²) in [6.07, 6.45) is 5.71. The van der Waals surface area contributed by atoms with Crippen LogP contribution in [0.2, 0.25) is 0 Å². The molecule has 31 heavy (non-hydrogen) atoms. The van der Waals surface area contributed by atoms with Crippen LogP contribution in [0, 0.1) is 0 Å². The van der Waals surface area contributed by atoms with Gasteiger partial charge in [0, 0.05) is 35.8 Å². The first kappa shape index (κ1) is 19.4. The number of carbonyl (C=O) groups is 2. The van der Waals surface area contributed by atoms with E-state index in [-0.39, 0.29) is 5.78 Å². The summed E-state index contributed by atoms with van der Waals surface area (Å²) >= 11 is 1.39. The number of Topliss-reactive ketones (excluding diaryl/α,β-unsaturated/α-hetero) is 1. The van der Waals surface area contributed by atoms with Crippen LogP contribution in [0.4, 0.5) is 17.2 Å². The maximum atomic E-state index is 12.8. The summed E-state index contributed by atoms with van der Waals surface area (Å²) in [5.41, 5.74) is 10.6. The molecule has 1 aliphatic carbocycles. The number of rotatable bonds is 5. The van der Waals surface area contributed by atoms with Crippen LogP contribution in [0.25, 0.3) is 11.3 Å². The number of hydrogen-bond donors (Lipinski definition) is 3. The number of thioether (sulfide) groups is 1. The van der Waals surface area contributed by atoms with Gasteiger partial charge in [-0.25, -0.2) is 4.98 Å². The molecule has 0 spiro atoms. The van der Waals surface area contributed by atoms with E-state index in [0.29, 0.717) is 23.0 Å². The van der Waals surface area contributed by atoms with E-state index in [9.17, 15) is 9.59 Å². The number of anilines is 3. The molecule has 7 nitrogen and oxygen atoms in total. The van der Waals surface area contributed by atoms with E-state index < -0.39 is 5.91 Å². The van der Waals surface area contributed by atoms with Crippen molar-refractivity contribution >= 4 is 40.6 Å². The summed E-state index contributed by atoms with van der Waals surface area (Å²) in [5.74, 6) is 1.00. The standard InChI is InChI=1S/C23H21N5O2S/c24-23(30)18-12-28(13-31-18)19-11-14(9-10-25-19)21-22(26-15-5-2-1-3-6-15)20-16(27-21)7-4-8-17(20)29/h1-3,5-6,9-12,26-27H,4,7-8,13H2,(H2,24,30). The Morgan fingerprint density at radius 3 is 2.81 bits per heavy atom. The number of aromatic amines is 1. The Morgan fingerprint density at radius 2 is 2.03 bits per heavy atom. The van der Waals surface area contributed by atoms with Crippen LogP contribution >= 0.6 is 11.8 Å². The van der Waals surface area contributed by atoms with Crippen molar-refractivity contribution < 1.29 is 9.59 Å². The van der Waals surface area contributed by atoms with Crippen molar-refractivity contribution in [3.05, 3.63) is 71.0 Å². The molecule has 0 saturated carbocycles. The molecule has 0 unspecified atom stereocenters. The number of para-hydroxylation sites is 1. The molecule has 0 radical (unpaired) electrons. The predicted octanol–water partition coefficient (Wildman–Crippen LogP) is 4.18. The van der Waals surface area contributed by atoms with E-state index in [4.69, 9.17) is 5.73 Å². The van der Waals surface area contributed by atoms with Gasteiger partial charge in [-0.05, 0) is 37.1 Å². The van der Waals surface area contributed by atoms with E-state index in [1.165, 1.54) is 11.8 Å². The van der Waals surface area contributed by atoms with Gasteiger partial charge in [-0.2, -0.15) is 0 Å². The molecule has 4 N–H and O–H groups in total. The molecule has 2 aliphatic rings. The first-order chi connectivity index (χ1) is 15.1. The number of benzene rings is 1. The largest absolute Gasteiger partial charge is 0.365 e. The molecular formula is C23H21N5O2S. The maximum Gasteiger partial charge on any atom is 0.256 e. The minimum Gasteiger partial charge on any atom is -0.365 e. The van der Waals surface area contributed by atoms with Crippen molar-refractivity contribution in [2.24, 2.45) is 5.73 Å². The fourth-order valence-corrected chi connectivity index (χ4v) is 4.79. The third kappa shape index (κ3) is 3.70. The first-order valence-electron chi connectivity index (χ1n) is 10.1. The second-order valence-corrected chi connectivity index (χ2v) is 8.49. The van der Waals surface area contributed by atoms with Crippen molar-refractivity contribution in [2.45, 2.75) is 19.3 Å². The van der Waals surface area contributed by atoms with Gasteiger partial charge in [0.2, 0.25) is 0 Å². The minimum absolute atomic E-state index is 0.154. The lowest BCUT2D eigenvalue weighted by atomic mass is 9.95. The number of nitrogens with two attached hydrogens (primary N) is 1. The fourth-order valence-electron chi connectivity index (χ4n) is 3.96. The zero-order chi connectivity index (χ0) is 21.4. The number of aromatic nitrogens is 2. The number of fused-ring (bicyclic) bond motifs is 1. The molecule has 156 valence electrons. The highest BCUT2D eigenvalue weighted by molar-refractivity contribution is 8.04. The Balaban J connectivity index is 1.58. The molecule has 0 bridgehead atoms. The number of nitrogens with zero attached hydrogens (tertiary/aromatic N) is 2. The van der Waals surface area contributed by atoms with Crippen molar-refractivity contribution in [3.8, 4) is 11.3 Å². The fraction of sp³-hybridized carbons (Fsp3) is 0.174. The third-order valence-electron chi connectivity index (χ3n) is 5.43. The zero-order valence-electron chi connectivity index (χ0n) is 16.7. The molecule has 0 saturated heterocycles. The minimum atomic E-state index is -0.437. The molecule has 0 atom stereocenters. The van der Waals surface area contributed by atoms with Gasteiger partial charge in [0.05, 0.1) is 27.7 Å². The van der Waals surface area contributed by atoms with Crippen LogP contribution in [0.5, 0.6) is 0 Å². The number of carbonyl (C=O) groups excluding carboxylic acids is 2. The Bertz CT molecular complexity index is 1200. The van der Waals surface area contributed by atoms with Gasteiger partial charge >= 0.3 is 0 Å². The van der Waals surface area contributed by atoms with Crippen LogP contribution in [0.15, 0.2) is 59.8 Å². The summed E-state index contributed by atoms with van der Waals surface area (Å²) in [4.78, 5) is 34.6. The smallest absolute Gasteiger partial charge is 0.256 e. The predicted molar refractivity (Wildman–Crippen MR) is 123 cm³/mol. The summed E-state index contributed by atoms with van der Waals surface area (Å²) in [6.45, 7) is 0. The highest BCUT2D eigenvalue weighted by atomic mass is 32.2. The highest BCUT2D eigenvalue weighted by Gasteiger charge is 2.27. The number of aryl methyl sites for hydroxylation is 1. The van der Waals surface area contributed by atoms with Crippen molar-refractivity contribution in [2.75, 3.05) is 16.1 Å². The Kier molecular flexibility index (Phi) is 4.99. The number of primary amides is 1. The van der Waals surface area contributed by atoms with Crippen molar-refractivity contribution in [1.29, 1.82) is 0 Å². The second-order valence-electron chi connectivity index (χ2n) is 7.50. The SMILES string of the molecule is NC(=O)C1=CN(c2cc(-c3[nH]c4c(c3Nc3ccccc3)C(=O)CCC4)ccn2)CS1. The van der Waals surface area contributed by atoms with Gasteiger partial charge in [0.1, 0.15) is 5.82 Å². The molecular weight excluding hydrogens is 410 g/mol. The molecule has 3 aromatic rings. The lowest BCUT2D eigenvalue weighted by Gasteiger charge is -2.15. The maximum absolute atomic E-state index is 12.8. The highest BCUT2D eigenvalue weighted by Crippen LogP contribution is 2.40. The van der Waals surface area contributed by atoms with Crippen molar-refractivity contribution in [1.82, 2.24) is 9.97 Å². The van der Waals surface area contributed by atoms with E-state index in [1.807, 2.05) is 47.4 Å². The Labute approximate surface area is 183 Å². The monoisotopic (exact) mass is 431 g/mol. The molecule has 3 heterocycles. The molecule has 1 amide bonds. The number of pyridine rings is 1. The molecule has 1 aromatic carbocycles. The summed E-state index contributed by atoms with van der Waals surface area (Å²) in [6, 6.07) is 13.7. The molecule has 0 fully saturated rings. The van der Waals surface area contributed by atoms with E-state index in [0.717, 1.165) is 46.7 Å². The second kappa shape index (κ2) is 7.96. The third-order valence-corrected chi connectivity index (χ3v) is 6.46. The summed E-state index contributed by atoms with van der Waals surface area (Å²) in [5, 5.41) is 3.46. The van der Waals surface area contributed by atoms with Crippen molar-refractivity contribution in [3.63, 3.8) is 0 Å². The zero-order valence-corrected chi connectivity index (χ0v) is 17.5. The number of amides is 1. The molecule has 1 aliphatic heterocycles. The van der Waals surface area contributed by atoms with E-state index in [1.54, 1.807) is 12.4 Å². The topological polar surface area (TPSA) is 104 Å². The summed E-state index contributed by atoms with van der Waals surface area (Å²) in [7, 11) is 0. The van der Waals surface area contributed by atoms with Crippen LogP contribution in [-0.4, -0.2) is 27.5 Å². The van der Waals surface area contributed by atoms with Crippen LogP contribution in [0.1, 0.15) is 28.9 Å². The van der Waals surface area contributed by atoms with E-state index >= 15 is 0 Å². The molecule has 8 heteroatoms. The van der Waals surface area contributed by atoms with Gasteiger partial charge in [-0.15, -0.1) is 0 Å². The van der Waals surface area contributed by atoms with Gasteiger partial charge in [-0.1, -0.05) is 30.0 Å². The number of nitrogens with one attached hydrogen (secondary N) is 2. The number of ketones is 1. The average Bonchev–Trinajstić information content (AvgIpc) is 3.41. The van der Waals surface area contributed by atoms with Gasteiger partial charge < -0.3 is 20.9 Å². The number of hydrogen-bond acceptors (Lipinski definition) is 6. The van der Waals surface area contributed by atoms with Crippen LogP contribution in [0.3, 0.4) is 0 Å². The lowest BCUT2D eigenvalue weighted by molar-refractivity contribution is -0.113. The normalized spacial score (nSPS) is 15.5. The Morgan fingerprint density at radius 1 is 1.19 bits per heavy atom. The Hall–Kier alpha value is -3.52. The molecule has 2 aromatic heterocycles. The van der Waals surface area contributed by atoms with Gasteiger partial charge in [0.25, 0.3) is 5.91 Å². The van der Waals surface area contributed by atoms with E-state index in [2.05, 4.69) is 15.3 Å². The average molecular weight is 432 g/mol. The summed E-state index contributed by atoms with van der Waals surface area (Å²) < 4.78 is 0. The van der Waals surface area contributed by atoms with Gasteiger partial charge in [0.15, 0.2) is 5.78 Å². The van der Waals surface area contributed by atoms with Gasteiger partial charge in [-0.3, -0.25) is 9.59 Å². The molecule has 5 rings (SSSR count). The van der Waals surface area contributed by atoms with Crippen LogP contribution < -0.4 is 16.0 Å².